The Kier molecular flexibility index (Phi) is 4.34. The summed E-state index contributed by atoms with van der Waals surface area (Å²) >= 11 is 1.79. The van der Waals surface area contributed by atoms with E-state index in [9.17, 15) is 0 Å². The highest BCUT2D eigenvalue weighted by Gasteiger charge is 2.29. The maximum Gasteiger partial charge on any atom is 0.131 e. The van der Waals surface area contributed by atoms with Gasteiger partial charge in [-0.05, 0) is 47.1 Å². The highest BCUT2D eigenvalue weighted by molar-refractivity contribution is 7.17. The van der Waals surface area contributed by atoms with Gasteiger partial charge in [-0.15, -0.1) is 11.3 Å². The smallest absolute Gasteiger partial charge is 0.131 e. The number of nitrogens with zero attached hydrogens (tertiary/aromatic N) is 3. The fourth-order valence-corrected chi connectivity index (χ4v) is 5.03. The molecule has 0 spiro atoms. The lowest BCUT2D eigenvalue weighted by Crippen LogP contribution is -2.31. The highest BCUT2D eigenvalue weighted by atomic mass is 32.1. The average Bonchev–Trinajstić information content (AvgIpc) is 3.20. The Bertz CT molecular complexity index is 1140. The van der Waals surface area contributed by atoms with Gasteiger partial charge < -0.3 is 9.64 Å². The Balaban J connectivity index is 1.66. The van der Waals surface area contributed by atoms with Crippen LogP contribution in [0.2, 0.25) is 0 Å². The Labute approximate surface area is 168 Å². The molecule has 0 N–H and O–H groups in total. The molecule has 3 heterocycles. The summed E-state index contributed by atoms with van der Waals surface area (Å²) in [6.07, 6.45) is 5.23. The van der Waals surface area contributed by atoms with Crippen LogP contribution in [0.5, 0.6) is 5.75 Å². The molecule has 0 amide bonds. The third-order valence-corrected chi connectivity index (χ3v) is 6.45. The predicted molar refractivity (Wildman–Crippen MR) is 114 cm³/mol. The van der Waals surface area contributed by atoms with Gasteiger partial charge in [0.25, 0.3) is 0 Å². The van der Waals surface area contributed by atoms with Crippen LogP contribution in [0.4, 0.5) is 0 Å². The van der Waals surface area contributed by atoms with E-state index >= 15 is 0 Å². The molecule has 2 aromatic heterocycles. The second kappa shape index (κ2) is 7.00. The first kappa shape index (κ1) is 17.3. The third-order valence-electron chi connectivity index (χ3n) is 5.55. The minimum atomic E-state index is 0.327. The first-order valence-corrected chi connectivity index (χ1v) is 10.2. The number of benzene rings is 2. The van der Waals surface area contributed by atoms with E-state index < -0.39 is 0 Å². The molecule has 0 saturated carbocycles. The van der Waals surface area contributed by atoms with E-state index in [0.717, 1.165) is 30.0 Å². The lowest BCUT2D eigenvalue weighted by Gasteiger charge is -2.34. The molecule has 28 heavy (non-hydrogen) atoms. The van der Waals surface area contributed by atoms with Gasteiger partial charge in [0.1, 0.15) is 12.1 Å². The highest BCUT2D eigenvalue weighted by Crippen LogP contribution is 2.42. The minimum absolute atomic E-state index is 0.327. The molecule has 1 aliphatic rings. The van der Waals surface area contributed by atoms with Gasteiger partial charge in [-0.1, -0.05) is 18.2 Å². The lowest BCUT2D eigenvalue weighted by atomic mass is 9.82. The van der Waals surface area contributed by atoms with Crippen molar-refractivity contribution >= 4 is 21.4 Å². The molecule has 0 bridgehead atoms. The van der Waals surface area contributed by atoms with E-state index in [4.69, 9.17) is 4.74 Å². The van der Waals surface area contributed by atoms with Crippen LogP contribution < -0.4 is 4.74 Å². The van der Waals surface area contributed by atoms with E-state index in [1.54, 1.807) is 24.8 Å². The molecule has 0 radical (unpaired) electrons. The van der Waals surface area contributed by atoms with Gasteiger partial charge in [0, 0.05) is 52.8 Å². The van der Waals surface area contributed by atoms with Crippen molar-refractivity contribution < 1.29 is 4.74 Å². The quantitative estimate of drug-likeness (QED) is 0.499. The van der Waals surface area contributed by atoms with Crippen LogP contribution in [0.3, 0.4) is 0 Å². The van der Waals surface area contributed by atoms with Crippen LogP contribution in [-0.2, 0) is 6.54 Å². The maximum atomic E-state index is 5.91. The van der Waals surface area contributed by atoms with E-state index in [2.05, 4.69) is 63.7 Å². The van der Waals surface area contributed by atoms with Crippen molar-refractivity contribution in [2.45, 2.75) is 12.5 Å². The van der Waals surface area contributed by atoms with Gasteiger partial charge >= 0.3 is 0 Å². The molecular formula is C23H21N3OS. The fourth-order valence-electron chi connectivity index (χ4n) is 4.26. The molecule has 4 aromatic rings. The van der Waals surface area contributed by atoms with Crippen molar-refractivity contribution in [3.63, 3.8) is 0 Å². The van der Waals surface area contributed by atoms with E-state index in [1.807, 2.05) is 12.4 Å². The summed E-state index contributed by atoms with van der Waals surface area (Å²) in [7, 11) is 3.93. The standard InChI is InChI=1S/C23H21N3OS/c1-26-12-20(15-3-6-22-16(9-15)7-8-28-22)19-5-4-18(17-10-24-14-25-11-17)23(27-2)21(19)13-26/h3-11,14,20H,12-13H2,1-2H3. The van der Waals surface area contributed by atoms with Crippen molar-refractivity contribution in [1.82, 2.24) is 14.9 Å². The second-order valence-corrected chi connectivity index (χ2v) is 8.26. The molecule has 0 fully saturated rings. The molecule has 0 saturated heterocycles. The second-order valence-electron chi connectivity index (χ2n) is 7.31. The number of thiophene rings is 1. The van der Waals surface area contributed by atoms with E-state index in [0.29, 0.717) is 5.92 Å². The largest absolute Gasteiger partial charge is 0.496 e. The number of ether oxygens (including phenoxy) is 1. The van der Waals surface area contributed by atoms with Crippen LogP contribution in [-0.4, -0.2) is 35.6 Å². The molecule has 5 rings (SSSR count). The molecule has 140 valence electrons. The van der Waals surface area contributed by atoms with Gasteiger partial charge in [0.2, 0.25) is 0 Å². The number of fused-ring (bicyclic) bond motifs is 2. The summed E-state index contributed by atoms with van der Waals surface area (Å²) in [5.74, 6) is 1.26. The third kappa shape index (κ3) is 2.87. The van der Waals surface area contributed by atoms with Crippen LogP contribution in [0.1, 0.15) is 22.6 Å². The molecule has 5 heteroatoms. The molecule has 0 aliphatic carbocycles. The number of hydrogen-bond donors (Lipinski definition) is 0. The maximum absolute atomic E-state index is 5.91. The number of methoxy groups -OCH3 is 1. The number of rotatable bonds is 3. The first-order chi connectivity index (χ1) is 13.7. The molecule has 2 aromatic carbocycles. The number of aromatic nitrogens is 2. The molecule has 1 aliphatic heterocycles. The summed E-state index contributed by atoms with van der Waals surface area (Å²) in [6.45, 7) is 1.87. The monoisotopic (exact) mass is 387 g/mol. The topological polar surface area (TPSA) is 38.3 Å². The van der Waals surface area contributed by atoms with Gasteiger partial charge in [0.15, 0.2) is 0 Å². The predicted octanol–water partition coefficient (Wildman–Crippen LogP) is 4.94. The van der Waals surface area contributed by atoms with Crippen LogP contribution in [0, 0.1) is 0 Å². The Morgan fingerprint density at radius 3 is 2.79 bits per heavy atom. The summed E-state index contributed by atoms with van der Waals surface area (Å²) in [4.78, 5) is 10.7. The Morgan fingerprint density at radius 2 is 1.96 bits per heavy atom. The van der Waals surface area contributed by atoms with Gasteiger partial charge in [0.05, 0.1) is 7.11 Å². The zero-order chi connectivity index (χ0) is 19.1. The lowest BCUT2D eigenvalue weighted by molar-refractivity contribution is 0.286. The van der Waals surface area contributed by atoms with Crippen molar-refractivity contribution in [3.8, 4) is 16.9 Å². The van der Waals surface area contributed by atoms with Gasteiger partial charge in [-0.3, -0.25) is 0 Å². The molecule has 1 atom stereocenters. The van der Waals surface area contributed by atoms with E-state index in [-0.39, 0.29) is 0 Å². The van der Waals surface area contributed by atoms with Gasteiger partial charge in [-0.2, -0.15) is 0 Å². The average molecular weight is 388 g/mol. The molecule has 4 nitrogen and oxygen atoms in total. The van der Waals surface area contributed by atoms with Crippen LogP contribution in [0.15, 0.2) is 60.5 Å². The summed E-state index contributed by atoms with van der Waals surface area (Å²) in [5, 5.41) is 3.48. The fraction of sp³-hybridized carbons (Fsp3) is 0.217. The molecule has 1 unspecified atom stereocenters. The summed E-state index contributed by atoms with van der Waals surface area (Å²) in [5.41, 5.74) is 5.99. The van der Waals surface area contributed by atoms with E-state index in [1.165, 1.54) is 26.8 Å². The number of hydrogen-bond acceptors (Lipinski definition) is 5. The van der Waals surface area contributed by atoms with Crippen molar-refractivity contribution in [2.24, 2.45) is 0 Å². The van der Waals surface area contributed by atoms with Crippen molar-refractivity contribution in [1.29, 1.82) is 0 Å². The summed E-state index contributed by atoms with van der Waals surface area (Å²) in [6, 6.07) is 13.5. The Hall–Kier alpha value is -2.76. The normalized spacial score (nSPS) is 16.9. The Morgan fingerprint density at radius 1 is 1.11 bits per heavy atom. The van der Waals surface area contributed by atoms with Crippen LogP contribution >= 0.6 is 11.3 Å². The minimum Gasteiger partial charge on any atom is -0.496 e. The molecular weight excluding hydrogens is 366 g/mol. The van der Waals surface area contributed by atoms with Crippen molar-refractivity contribution in [3.05, 3.63) is 77.2 Å². The van der Waals surface area contributed by atoms with Crippen LogP contribution in [0.25, 0.3) is 21.2 Å². The zero-order valence-corrected chi connectivity index (χ0v) is 16.7. The van der Waals surface area contributed by atoms with Gasteiger partial charge in [-0.25, -0.2) is 9.97 Å². The first-order valence-electron chi connectivity index (χ1n) is 9.35. The van der Waals surface area contributed by atoms with Crippen molar-refractivity contribution in [2.75, 3.05) is 20.7 Å². The number of likely N-dealkylation sites (N-methyl/N-ethyl adjacent to an activating group) is 1. The SMILES string of the molecule is COc1c(-c2cncnc2)ccc2c1CN(C)CC2c1ccc2sccc2c1. The summed E-state index contributed by atoms with van der Waals surface area (Å²) < 4.78 is 7.25. The zero-order valence-electron chi connectivity index (χ0n) is 15.9.